The number of nitrogens with zero attached hydrogens (tertiary/aromatic N) is 2. The van der Waals surface area contributed by atoms with E-state index in [1.165, 1.54) is 0 Å². The van der Waals surface area contributed by atoms with E-state index in [-0.39, 0.29) is 5.91 Å². The van der Waals surface area contributed by atoms with Crippen molar-refractivity contribution in [1.29, 1.82) is 0 Å². The Kier molecular flexibility index (Phi) is 5.16. The van der Waals surface area contributed by atoms with Crippen LogP contribution in [0.2, 0.25) is 0 Å². The Bertz CT molecular complexity index is 659. The Morgan fingerprint density at radius 2 is 1.95 bits per heavy atom. The van der Waals surface area contributed by atoms with Crippen molar-refractivity contribution in [1.82, 2.24) is 15.1 Å². The second-order valence-corrected chi connectivity index (χ2v) is 4.70. The van der Waals surface area contributed by atoms with Crippen molar-refractivity contribution >= 4 is 5.91 Å². The van der Waals surface area contributed by atoms with Crippen molar-refractivity contribution in [3.63, 3.8) is 0 Å². The minimum Gasteiger partial charge on any atom is -0.359 e. The monoisotopic (exact) mass is 281 g/mol. The molecule has 2 aromatic rings. The number of amides is 1. The van der Waals surface area contributed by atoms with Gasteiger partial charge in [0.05, 0.1) is 11.8 Å². The van der Waals surface area contributed by atoms with Gasteiger partial charge >= 0.3 is 0 Å². The van der Waals surface area contributed by atoms with Crippen molar-refractivity contribution in [3.05, 3.63) is 53.3 Å². The lowest BCUT2D eigenvalue weighted by Gasteiger charge is -2.00. The standard InChI is InChI=1S/C17H19N3O/c1-3-20-13-16(12-19-20)9-8-14-4-6-15(7-5-14)10-11-17(21)18-2/h4-7,12-13H,3,10-11H2,1-2H3,(H,18,21). The van der Waals surface area contributed by atoms with Crippen LogP contribution in [-0.2, 0) is 17.8 Å². The van der Waals surface area contributed by atoms with Crippen molar-refractivity contribution in [2.24, 2.45) is 0 Å². The van der Waals surface area contributed by atoms with Gasteiger partial charge in [-0.25, -0.2) is 0 Å². The maximum absolute atomic E-state index is 11.2. The zero-order valence-corrected chi connectivity index (χ0v) is 12.4. The molecule has 2 rings (SSSR count). The Labute approximate surface area is 125 Å². The van der Waals surface area contributed by atoms with Gasteiger partial charge in [-0.05, 0) is 31.0 Å². The zero-order valence-electron chi connectivity index (χ0n) is 12.4. The molecule has 0 spiro atoms. The molecule has 0 fully saturated rings. The van der Waals surface area contributed by atoms with E-state index in [0.717, 1.165) is 29.7 Å². The topological polar surface area (TPSA) is 46.9 Å². The summed E-state index contributed by atoms with van der Waals surface area (Å²) < 4.78 is 1.85. The van der Waals surface area contributed by atoms with Gasteiger partial charge in [0.25, 0.3) is 0 Å². The van der Waals surface area contributed by atoms with Crippen LogP contribution in [0.1, 0.15) is 30.0 Å². The van der Waals surface area contributed by atoms with Crippen molar-refractivity contribution in [3.8, 4) is 11.8 Å². The summed E-state index contributed by atoms with van der Waals surface area (Å²) in [4.78, 5) is 11.2. The van der Waals surface area contributed by atoms with Crippen molar-refractivity contribution < 1.29 is 4.79 Å². The highest BCUT2D eigenvalue weighted by atomic mass is 16.1. The molecule has 1 aromatic carbocycles. The zero-order chi connectivity index (χ0) is 15.1. The summed E-state index contributed by atoms with van der Waals surface area (Å²) in [5, 5.41) is 6.81. The lowest BCUT2D eigenvalue weighted by molar-refractivity contribution is -0.120. The first-order valence-corrected chi connectivity index (χ1v) is 7.05. The normalized spacial score (nSPS) is 9.81. The fourth-order valence-corrected chi connectivity index (χ4v) is 1.88. The molecule has 4 heteroatoms. The Morgan fingerprint density at radius 3 is 2.57 bits per heavy atom. The van der Waals surface area contributed by atoms with Crippen LogP contribution in [0.5, 0.6) is 0 Å². The molecule has 0 aliphatic carbocycles. The van der Waals surface area contributed by atoms with Gasteiger partial charge in [0.2, 0.25) is 5.91 Å². The van der Waals surface area contributed by atoms with Crippen molar-refractivity contribution in [2.45, 2.75) is 26.3 Å². The fourth-order valence-electron chi connectivity index (χ4n) is 1.88. The molecular weight excluding hydrogens is 262 g/mol. The summed E-state index contributed by atoms with van der Waals surface area (Å²) in [6.45, 7) is 2.89. The first-order valence-electron chi connectivity index (χ1n) is 7.05. The summed E-state index contributed by atoms with van der Waals surface area (Å²) in [6, 6.07) is 8.00. The van der Waals surface area contributed by atoms with E-state index in [0.29, 0.717) is 6.42 Å². The molecule has 0 unspecified atom stereocenters. The first-order chi connectivity index (χ1) is 10.2. The molecule has 108 valence electrons. The largest absolute Gasteiger partial charge is 0.359 e. The summed E-state index contributed by atoms with van der Waals surface area (Å²) in [7, 11) is 1.65. The van der Waals surface area contributed by atoms with E-state index < -0.39 is 0 Å². The van der Waals surface area contributed by atoms with Crippen LogP contribution in [0.3, 0.4) is 0 Å². The molecule has 0 radical (unpaired) electrons. The van der Waals surface area contributed by atoms with E-state index in [9.17, 15) is 4.79 Å². The predicted octanol–water partition coefficient (Wildman–Crippen LogP) is 1.98. The highest BCUT2D eigenvalue weighted by Gasteiger charge is 1.99. The molecule has 0 saturated carbocycles. The van der Waals surface area contributed by atoms with Crippen LogP contribution in [0.15, 0.2) is 36.7 Å². The molecule has 1 amide bonds. The number of carbonyl (C=O) groups is 1. The SMILES string of the molecule is CCn1cc(C#Cc2ccc(CCC(=O)NC)cc2)cn1. The van der Waals surface area contributed by atoms with Crippen LogP contribution >= 0.6 is 0 Å². The Balaban J connectivity index is 1.98. The maximum atomic E-state index is 11.2. The van der Waals surface area contributed by atoms with Gasteiger partial charge < -0.3 is 5.32 Å². The summed E-state index contributed by atoms with van der Waals surface area (Å²) in [5.41, 5.74) is 3.02. The van der Waals surface area contributed by atoms with Gasteiger partial charge in [0, 0.05) is 31.8 Å². The highest BCUT2D eigenvalue weighted by Crippen LogP contribution is 2.06. The minimum atomic E-state index is 0.0619. The van der Waals surface area contributed by atoms with Crippen LogP contribution in [0, 0.1) is 11.8 Å². The van der Waals surface area contributed by atoms with Gasteiger partial charge in [0.15, 0.2) is 0 Å². The summed E-state index contributed by atoms with van der Waals surface area (Å²) >= 11 is 0. The number of aryl methyl sites for hydroxylation is 2. The molecule has 1 N–H and O–H groups in total. The second-order valence-electron chi connectivity index (χ2n) is 4.70. The molecule has 0 saturated heterocycles. The van der Waals surface area contributed by atoms with E-state index in [2.05, 4.69) is 22.3 Å². The average molecular weight is 281 g/mol. The molecule has 0 atom stereocenters. The quantitative estimate of drug-likeness (QED) is 0.871. The third kappa shape index (κ3) is 4.50. The number of hydrogen-bond donors (Lipinski definition) is 1. The van der Waals surface area contributed by atoms with Crippen LogP contribution in [0.4, 0.5) is 0 Å². The predicted molar refractivity (Wildman–Crippen MR) is 82.7 cm³/mol. The summed E-state index contributed by atoms with van der Waals surface area (Å²) in [6.07, 6.45) is 4.97. The molecule has 4 nitrogen and oxygen atoms in total. The van der Waals surface area contributed by atoms with E-state index in [1.807, 2.05) is 42.1 Å². The summed E-state index contributed by atoms with van der Waals surface area (Å²) in [5.74, 6) is 6.28. The van der Waals surface area contributed by atoms with Crippen LogP contribution in [-0.4, -0.2) is 22.7 Å². The van der Waals surface area contributed by atoms with Gasteiger partial charge in [-0.1, -0.05) is 24.0 Å². The van der Waals surface area contributed by atoms with Gasteiger partial charge in [-0.3, -0.25) is 9.48 Å². The second kappa shape index (κ2) is 7.30. The Morgan fingerprint density at radius 1 is 1.24 bits per heavy atom. The third-order valence-corrected chi connectivity index (χ3v) is 3.18. The van der Waals surface area contributed by atoms with Gasteiger partial charge in [0.1, 0.15) is 0 Å². The number of rotatable bonds is 4. The van der Waals surface area contributed by atoms with E-state index in [1.54, 1.807) is 13.2 Å². The molecule has 1 aromatic heterocycles. The van der Waals surface area contributed by atoms with Crippen LogP contribution < -0.4 is 5.32 Å². The molecule has 1 heterocycles. The molecule has 0 aliphatic rings. The minimum absolute atomic E-state index is 0.0619. The Hall–Kier alpha value is -2.54. The number of nitrogens with one attached hydrogen (secondary N) is 1. The molecule has 0 bridgehead atoms. The fraction of sp³-hybridized carbons (Fsp3) is 0.294. The maximum Gasteiger partial charge on any atom is 0.220 e. The van der Waals surface area contributed by atoms with E-state index in [4.69, 9.17) is 0 Å². The number of carbonyl (C=O) groups excluding carboxylic acids is 1. The highest BCUT2D eigenvalue weighted by molar-refractivity contribution is 5.75. The number of aromatic nitrogens is 2. The first kappa shape index (κ1) is 14.9. The molecule has 21 heavy (non-hydrogen) atoms. The van der Waals surface area contributed by atoms with Crippen LogP contribution in [0.25, 0.3) is 0 Å². The van der Waals surface area contributed by atoms with E-state index >= 15 is 0 Å². The average Bonchev–Trinajstić information content (AvgIpc) is 2.99. The lowest BCUT2D eigenvalue weighted by atomic mass is 10.1. The number of hydrogen-bond acceptors (Lipinski definition) is 2. The van der Waals surface area contributed by atoms with Gasteiger partial charge in [-0.15, -0.1) is 0 Å². The smallest absolute Gasteiger partial charge is 0.220 e. The van der Waals surface area contributed by atoms with Gasteiger partial charge in [-0.2, -0.15) is 5.10 Å². The third-order valence-electron chi connectivity index (χ3n) is 3.18. The lowest BCUT2D eigenvalue weighted by Crippen LogP contribution is -2.17. The molecular formula is C17H19N3O. The molecule has 0 aliphatic heterocycles. The van der Waals surface area contributed by atoms with Crippen molar-refractivity contribution in [2.75, 3.05) is 7.05 Å². The number of benzene rings is 1.